The van der Waals surface area contributed by atoms with E-state index in [-0.39, 0.29) is 22.0 Å². The highest BCUT2D eigenvalue weighted by molar-refractivity contribution is 7.86. The van der Waals surface area contributed by atoms with E-state index in [1.54, 1.807) is 0 Å². The molecular formula is C18H13N3O10S2. The third kappa shape index (κ3) is 4.85. The van der Waals surface area contributed by atoms with Gasteiger partial charge in [-0.1, -0.05) is 0 Å². The fourth-order valence-corrected chi connectivity index (χ4v) is 4.03. The highest BCUT2D eigenvalue weighted by atomic mass is 32.2. The number of ketones is 1. The van der Waals surface area contributed by atoms with Gasteiger partial charge in [0.1, 0.15) is 10.6 Å². The van der Waals surface area contributed by atoms with E-state index in [4.69, 9.17) is 4.55 Å². The van der Waals surface area contributed by atoms with Gasteiger partial charge in [0.2, 0.25) is 0 Å². The van der Waals surface area contributed by atoms with Gasteiger partial charge in [0.05, 0.1) is 9.82 Å². The molecule has 0 saturated heterocycles. The summed E-state index contributed by atoms with van der Waals surface area (Å²) >= 11 is 0. The maximum Gasteiger partial charge on any atom is 0.297 e. The molecule has 0 bridgehead atoms. The molecule has 0 aromatic heterocycles. The Kier molecular flexibility index (Phi) is 5.99. The Morgan fingerprint density at radius 3 is 2.18 bits per heavy atom. The number of fused-ring (bicyclic) bond motifs is 1. The quantitative estimate of drug-likeness (QED) is 0.148. The predicted octanol–water partition coefficient (Wildman–Crippen LogP) is 3.57. The summed E-state index contributed by atoms with van der Waals surface area (Å²) in [6.45, 7) is 1.19. The van der Waals surface area contributed by atoms with Crippen molar-refractivity contribution in [1.29, 1.82) is 0 Å². The van der Waals surface area contributed by atoms with Gasteiger partial charge in [-0.05, 0) is 48.7 Å². The third-order valence-electron chi connectivity index (χ3n) is 4.43. The van der Waals surface area contributed by atoms with Gasteiger partial charge in [-0.25, -0.2) is 0 Å². The van der Waals surface area contributed by atoms with Crippen LogP contribution in [0.3, 0.4) is 0 Å². The van der Waals surface area contributed by atoms with Crippen LogP contribution in [0, 0.1) is 10.1 Å². The molecule has 15 heteroatoms. The van der Waals surface area contributed by atoms with E-state index in [9.17, 15) is 41.4 Å². The van der Waals surface area contributed by atoms with Crippen LogP contribution in [-0.2, 0) is 20.2 Å². The summed E-state index contributed by atoms with van der Waals surface area (Å²) in [5.41, 5.74) is -1.78. The fourth-order valence-electron chi connectivity index (χ4n) is 2.86. The van der Waals surface area contributed by atoms with E-state index in [0.717, 1.165) is 36.4 Å². The molecule has 0 aliphatic heterocycles. The number of phenolic OH excluding ortho intramolecular Hbond substituents is 1. The summed E-state index contributed by atoms with van der Waals surface area (Å²) in [7, 11) is -9.71. The number of hydrogen-bond donors (Lipinski definition) is 3. The number of nitro benzene ring substituents is 1. The van der Waals surface area contributed by atoms with E-state index in [1.807, 2.05) is 0 Å². The normalized spacial score (nSPS) is 12.3. The van der Waals surface area contributed by atoms with Crippen molar-refractivity contribution in [2.75, 3.05) is 0 Å². The Hall–Kier alpha value is -3.79. The number of rotatable bonds is 6. The van der Waals surface area contributed by atoms with Crippen LogP contribution in [0.5, 0.6) is 5.75 Å². The van der Waals surface area contributed by atoms with Crippen LogP contribution in [0.1, 0.15) is 17.3 Å². The molecule has 13 nitrogen and oxygen atoms in total. The number of nitrogens with zero attached hydrogens (tertiary/aromatic N) is 3. The van der Waals surface area contributed by atoms with Crippen molar-refractivity contribution >= 4 is 53.9 Å². The minimum atomic E-state index is -5.05. The van der Waals surface area contributed by atoms with Gasteiger partial charge >= 0.3 is 0 Å². The lowest BCUT2D eigenvalue weighted by Gasteiger charge is -2.09. The second-order valence-electron chi connectivity index (χ2n) is 6.62. The first-order chi connectivity index (χ1) is 15.2. The molecular weight excluding hydrogens is 482 g/mol. The molecule has 0 spiro atoms. The number of carbonyl (C=O) groups is 1. The Labute approximate surface area is 185 Å². The summed E-state index contributed by atoms with van der Waals surface area (Å²) in [5.74, 6) is -1.29. The molecule has 3 rings (SSSR count). The number of azo groups is 1. The molecule has 0 aliphatic rings. The number of benzene rings is 3. The molecule has 0 amide bonds. The van der Waals surface area contributed by atoms with Crippen molar-refractivity contribution in [2.24, 2.45) is 10.2 Å². The van der Waals surface area contributed by atoms with E-state index >= 15 is 0 Å². The topological polar surface area (TPSA) is 214 Å². The van der Waals surface area contributed by atoms with E-state index in [1.165, 1.54) is 13.0 Å². The molecule has 0 radical (unpaired) electrons. The molecule has 0 heterocycles. The molecule has 0 fully saturated rings. The van der Waals surface area contributed by atoms with Gasteiger partial charge in [-0.2, -0.15) is 16.8 Å². The summed E-state index contributed by atoms with van der Waals surface area (Å²) in [5, 5.41) is 28.7. The van der Waals surface area contributed by atoms with Crippen LogP contribution in [0.25, 0.3) is 10.8 Å². The zero-order chi connectivity index (χ0) is 24.7. The van der Waals surface area contributed by atoms with Crippen LogP contribution >= 0.6 is 0 Å². The number of carbonyl (C=O) groups excluding carboxylic acids is 1. The monoisotopic (exact) mass is 495 g/mol. The average molecular weight is 495 g/mol. The Morgan fingerprint density at radius 2 is 1.64 bits per heavy atom. The van der Waals surface area contributed by atoms with Crippen LogP contribution in [0.15, 0.2) is 62.5 Å². The Balaban J connectivity index is 2.27. The van der Waals surface area contributed by atoms with Crippen LogP contribution in [-0.4, -0.2) is 41.8 Å². The lowest BCUT2D eigenvalue weighted by atomic mass is 10.1. The van der Waals surface area contributed by atoms with Crippen molar-refractivity contribution < 1.29 is 40.8 Å². The summed E-state index contributed by atoms with van der Waals surface area (Å²) in [4.78, 5) is 20.4. The summed E-state index contributed by atoms with van der Waals surface area (Å²) in [6, 6.07) is 6.86. The second-order valence-corrected chi connectivity index (χ2v) is 9.43. The molecule has 172 valence electrons. The highest BCUT2D eigenvalue weighted by Crippen LogP contribution is 2.42. The van der Waals surface area contributed by atoms with Crippen molar-refractivity contribution in [3.63, 3.8) is 0 Å². The smallest absolute Gasteiger partial charge is 0.297 e. The SMILES string of the molecule is CC(=O)c1ccc(N=Nc2c(S(=O)(=O)O)cc3cc(S(=O)(=O)O)ccc3c2O)c([N+](=O)[O-])c1. The Morgan fingerprint density at radius 1 is 0.970 bits per heavy atom. The molecule has 3 aromatic carbocycles. The van der Waals surface area contributed by atoms with Gasteiger partial charge in [0.15, 0.2) is 17.2 Å². The maximum atomic E-state index is 11.9. The first kappa shape index (κ1) is 23.9. The number of aromatic hydroxyl groups is 1. The number of Topliss-reactive ketones (excluding diaryl/α,β-unsaturated/α-hetero) is 1. The first-order valence-corrected chi connectivity index (χ1v) is 11.5. The van der Waals surface area contributed by atoms with Gasteiger partial charge in [-0.3, -0.25) is 24.0 Å². The standard InChI is InChI=1S/C18H13N3O10S2/c1-9(22)10-2-5-14(15(7-10)21(24)25)19-20-17-16(33(29,30)31)8-11-6-12(32(26,27)28)3-4-13(11)18(17)23/h2-8,23H,1H3,(H,26,27,28)(H,29,30,31). The van der Waals surface area contributed by atoms with E-state index in [2.05, 4.69) is 10.2 Å². The zero-order valence-electron chi connectivity index (χ0n) is 16.4. The average Bonchev–Trinajstić information content (AvgIpc) is 2.70. The minimum absolute atomic E-state index is 0.0162. The zero-order valence-corrected chi connectivity index (χ0v) is 18.0. The van der Waals surface area contributed by atoms with Gasteiger partial charge in [0.25, 0.3) is 25.9 Å². The number of nitro groups is 1. The fraction of sp³-hybridized carbons (Fsp3) is 0.0556. The number of hydrogen-bond acceptors (Lipinski definition) is 10. The number of phenols is 1. The summed E-state index contributed by atoms with van der Waals surface area (Å²) < 4.78 is 65.1. The lowest BCUT2D eigenvalue weighted by Crippen LogP contribution is -2.00. The first-order valence-electron chi connectivity index (χ1n) is 8.66. The van der Waals surface area contributed by atoms with Crippen LogP contribution in [0.2, 0.25) is 0 Å². The van der Waals surface area contributed by atoms with Crippen molar-refractivity contribution in [3.05, 3.63) is 58.1 Å². The summed E-state index contributed by atoms with van der Waals surface area (Å²) in [6.07, 6.45) is 0. The van der Waals surface area contributed by atoms with E-state index in [0.29, 0.717) is 0 Å². The molecule has 0 unspecified atom stereocenters. The van der Waals surface area contributed by atoms with Gasteiger partial charge < -0.3 is 5.11 Å². The third-order valence-corrected chi connectivity index (χ3v) is 6.15. The van der Waals surface area contributed by atoms with Crippen LogP contribution < -0.4 is 0 Å². The molecule has 0 atom stereocenters. The minimum Gasteiger partial charge on any atom is -0.505 e. The Bertz CT molecular complexity index is 1580. The predicted molar refractivity (Wildman–Crippen MR) is 113 cm³/mol. The van der Waals surface area contributed by atoms with Crippen LogP contribution in [0.4, 0.5) is 17.1 Å². The highest BCUT2D eigenvalue weighted by Gasteiger charge is 2.24. The van der Waals surface area contributed by atoms with Gasteiger partial charge in [-0.15, -0.1) is 10.2 Å². The van der Waals surface area contributed by atoms with Gasteiger partial charge in [0, 0.05) is 17.0 Å². The largest absolute Gasteiger partial charge is 0.505 e. The lowest BCUT2D eigenvalue weighted by molar-refractivity contribution is -0.384. The maximum absolute atomic E-state index is 11.9. The molecule has 3 aromatic rings. The van der Waals surface area contributed by atoms with Crippen molar-refractivity contribution in [2.45, 2.75) is 16.7 Å². The molecule has 0 aliphatic carbocycles. The van der Waals surface area contributed by atoms with Crippen molar-refractivity contribution in [1.82, 2.24) is 0 Å². The molecule has 3 N–H and O–H groups in total. The second kappa shape index (κ2) is 8.28. The molecule has 0 saturated carbocycles. The molecule has 33 heavy (non-hydrogen) atoms. The van der Waals surface area contributed by atoms with E-state index < -0.39 is 57.9 Å². The van der Waals surface area contributed by atoms with Crippen molar-refractivity contribution in [3.8, 4) is 5.75 Å².